The molecule has 0 aliphatic carbocycles. The smallest absolute Gasteiger partial charge is 0.328 e. The Morgan fingerprint density at radius 2 is 2.22 bits per heavy atom. The highest BCUT2D eigenvalue weighted by molar-refractivity contribution is 5.86. The summed E-state index contributed by atoms with van der Waals surface area (Å²) in [6.45, 7) is 5.98. The first-order valence-corrected chi connectivity index (χ1v) is 5.39. The number of hydrogen-bond acceptors (Lipinski definition) is 3. The van der Waals surface area contributed by atoms with Gasteiger partial charge in [-0.3, -0.25) is 0 Å². The van der Waals surface area contributed by atoms with E-state index in [0.717, 1.165) is 11.6 Å². The molecule has 4 heteroatoms. The Labute approximate surface area is 106 Å². The van der Waals surface area contributed by atoms with E-state index in [1.165, 1.54) is 6.08 Å². The van der Waals surface area contributed by atoms with E-state index in [4.69, 9.17) is 14.6 Å². The Morgan fingerprint density at radius 3 is 2.78 bits per heavy atom. The molecule has 1 rings (SSSR count). The Kier molecular flexibility index (Phi) is 4.99. The fraction of sp³-hybridized carbons (Fsp3) is 0.214. The van der Waals surface area contributed by atoms with E-state index in [1.54, 1.807) is 25.3 Å². The maximum atomic E-state index is 10.5. The molecule has 0 amide bonds. The molecule has 0 heterocycles. The summed E-state index contributed by atoms with van der Waals surface area (Å²) in [7, 11) is 1.56. The lowest BCUT2D eigenvalue weighted by Gasteiger charge is -2.10. The van der Waals surface area contributed by atoms with Crippen LogP contribution in [0, 0.1) is 0 Å². The van der Waals surface area contributed by atoms with Crippen molar-refractivity contribution in [2.75, 3.05) is 13.7 Å². The van der Waals surface area contributed by atoms with Crippen LogP contribution in [-0.2, 0) is 4.79 Å². The number of carboxylic acid groups (broad SMARTS) is 1. The first kappa shape index (κ1) is 13.8. The van der Waals surface area contributed by atoms with Crippen LogP contribution in [0.2, 0.25) is 0 Å². The highest BCUT2D eigenvalue weighted by Crippen LogP contribution is 2.26. The van der Waals surface area contributed by atoms with Crippen LogP contribution in [-0.4, -0.2) is 24.8 Å². The topological polar surface area (TPSA) is 55.8 Å². The van der Waals surface area contributed by atoms with Crippen molar-refractivity contribution in [1.29, 1.82) is 0 Å². The first-order valence-electron chi connectivity index (χ1n) is 5.39. The zero-order valence-electron chi connectivity index (χ0n) is 10.5. The molecule has 1 N–H and O–H groups in total. The number of carbonyl (C=O) groups is 1. The summed E-state index contributed by atoms with van der Waals surface area (Å²) >= 11 is 0. The molecule has 1 aromatic carbocycles. The molecule has 18 heavy (non-hydrogen) atoms. The van der Waals surface area contributed by atoms with Crippen molar-refractivity contribution in [2.24, 2.45) is 0 Å². The zero-order valence-corrected chi connectivity index (χ0v) is 10.5. The number of carboxylic acids is 1. The lowest BCUT2D eigenvalue weighted by Crippen LogP contribution is -2.00. The molecule has 4 nitrogen and oxygen atoms in total. The standard InChI is InChI=1S/C14H16O4/c1-10(2)9-18-13-8-12(17-3)6-4-11(13)5-7-14(15)16/h4-8H,1,9H2,2-3H3,(H,15,16)/b7-5+. The number of ether oxygens (including phenoxy) is 2. The summed E-state index contributed by atoms with van der Waals surface area (Å²) in [4.78, 5) is 10.5. The highest BCUT2D eigenvalue weighted by Gasteiger charge is 2.04. The zero-order chi connectivity index (χ0) is 13.5. The molecule has 0 unspecified atom stereocenters. The Morgan fingerprint density at radius 1 is 1.50 bits per heavy atom. The van der Waals surface area contributed by atoms with Gasteiger partial charge in [0.25, 0.3) is 0 Å². The molecule has 0 radical (unpaired) electrons. The van der Waals surface area contributed by atoms with E-state index < -0.39 is 5.97 Å². The summed E-state index contributed by atoms with van der Waals surface area (Å²) in [6.07, 6.45) is 2.55. The van der Waals surface area contributed by atoms with Gasteiger partial charge in [-0.1, -0.05) is 6.58 Å². The van der Waals surface area contributed by atoms with Gasteiger partial charge in [0.15, 0.2) is 0 Å². The van der Waals surface area contributed by atoms with Gasteiger partial charge in [0.05, 0.1) is 7.11 Å². The van der Waals surface area contributed by atoms with Crippen LogP contribution in [0.25, 0.3) is 6.08 Å². The summed E-state index contributed by atoms with van der Waals surface area (Å²) in [5.74, 6) is 0.214. The molecule has 0 spiro atoms. The second-order valence-corrected chi connectivity index (χ2v) is 3.82. The van der Waals surface area contributed by atoms with Gasteiger partial charge in [0.2, 0.25) is 0 Å². The molecule has 0 aliphatic rings. The van der Waals surface area contributed by atoms with Crippen molar-refractivity contribution in [3.8, 4) is 11.5 Å². The minimum atomic E-state index is -1.00. The predicted octanol–water partition coefficient (Wildman–Crippen LogP) is 2.75. The van der Waals surface area contributed by atoms with Gasteiger partial charge < -0.3 is 14.6 Å². The molecular formula is C14H16O4. The van der Waals surface area contributed by atoms with Crippen LogP contribution in [0.3, 0.4) is 0 Å². The fourth-order valence-electron chi connectivity index (χ4n) is 1.27. The largest absolute Gasteiger partial charge is 0.497 e. The molecule has 0 fully saturated rings. The van der Waals surface area contributed by atoms with E-state index in [-0.39, 0.29) is 0 Å². The third-order valence-corrected chi connectivity index (χ3v) is 2.10. The average molecular weight is 248 g/mol. The molecule has 0 saturated heterocycles. The van der Waals surface area contributed by atoms with E-state index >= 15 is 0 Å². The number of benzene rings is 1. The van der Waals surface area contributed by atoms with Crippen molar-refractivity contribution >= 4 is 12.0 Å². The highest BCUT2D eigenvalue weighted by atomic mass is 16.5. The van der Waals surface area contributed by atoms with Crippen molar-refractivity contribution in [2.45, 2.75) is 6.92 Å². The van der Waals surface area contributed by atoms with Crippen LogP contribution in [0.1, 0.15) is 12.5 Å². The quantitative estimate of drug-likeness (QED) is 0.621. The third-order valence-electron chi connectivity index (χ3n) is 2.10. The monoisotopic (exact) mass is 248 g/mol. The third kappa shape index (κ3) is 4.33. The van der Waals surface area contributed by atoms with Gasteiger partial charge >= 0.3 is 5.97 Å². The van der Waals surface area contributed by atoms with Crippen molar-refractivity contribution in [3.05, 3.63) is 42.0 Å². The van der Waals surface area contributed by atoms with Crippen molar-refractivity contribution in [1.82, 2.24) is 0 Å². The van der Waals surface area contributed by atoms with Crippen LogP contribution < -0.4 is 9.47 Å². The second kappa shape index (κ2) is 6.49. The lowest BCUT2D eigenvalue weighted by atomic mass is 10.1. The van der Waals surface area contributed by atoms with Crippen LogP contribution in [0.15, 0.2) is 36.4 Å². The second-order valence-electron chi connectivity index (χ2n) is 3.82. The van der Waals surface area contributed by atoms with Crippen molar-refractivity contribution < 1.29 is 19.4 Å². The first-order chi connectivity index (χ1) is 8.52. The average Bonchev–Trinajstić information content (AvgIpc) is 2.34. The maximum absolute atomic E-state index is 10.5. The van der Waals surface area contributed by atoms with Crippen LogP contribution in [0.4, 0.5) is 0 Å². The molecule has 96 valence electrons. The fourth-order valence-corrected chi connectivity index (χ4v) is 1.27. The maximum Gasteiger partial charge on any atom is 0.328 e. The number of rotatable bonds is 6. The van der Waals surface area contributed by atoms with Gasteiger partial charge in [-0.2, -0.15) is 0 Å². The molecule has 0 atom stereocenters. The normalized spacial score (nSPS) is 10.3. The van der Waals surface area contributed by atoms with Gasteiger partial charge in [-0.25, -0.2) is 4.79 Å². The van der Waals surface area contributed by atoms with Crippen molar-refractivity contribution in [3.63, 3.8) is 0 Å². The predicted molar refractivity (Wildman–Crippen MR) is 70.0 cm³/mol. The Hall–Kier alpha value is -2.23. The molecule has 0 bridgehead atoms. The minimum absolute atomic E-state index is 0.376. The van der Waals surface area contributed by atoms with E-state index in [0.29, 0.717) is 23.7 Å². The Balaban J connectivity index is 2.99. The molecule has 0 saturated carbocycles. The van der Waals surface area contributed by atoms with E-state index in [1.807, 2.05) is 6.92 Å². The van der Waals surface area contributed by atoms with E-state index in [9.17, 15) is 4.79 Å². The van der Waals surface area contributed by atoms with Gasteiger partial charge in [-0.05, 0) is 30.7 Å². The molecular weight excluding hydrogens is 232 g/mol. The lowest BCUT2D eigenvalue weighted by molar-refractivity contribution is -0.131. The van der Waals surface area contributed by atoms with E-state index in [2.05, 4.69) is 6.58 Å². The number of aliphatic carboxylic acids is 1. The van der Waals surface area contributed by atoms with Crippen LogP contribution in [0.5, 0.6) is 11.5 Å². The number of methoxy groups -OCH3 is 1. The molecule has 0 aromatic heterocycles. The molecule has 1 aromatic rings. The van der Waals surface area contributed by atoms with Gasteiger partial charge in [0, 0.05) is 17.7 Å². The summed E-state index contributed by atoms with van der Waals surface area (Å²) in [6, 6.07) is 5.20. The SMILES string of the molecule is C=C(C)COc1cc(OC)ccc1/C=C/C(=O)O. The number of hydrogen-bond donors (Lipinski definition) is 1. The van der Waals surface area contributed by atoms with Crippen LogP contribution >= 0.6 is 0 Å². The van der Waals surface area contributed by atoms with Gasteiger partial charge in [-0.15, -0.1) is 0 Å². The van der Waals surface area contributed by atoms with Gasteiger partial charge in [0.1, 0.15) is 18.1 Å². The summed E-state index contributed by atoms with van der Waals surface area (Å²) in [5, 5.41) is 8.62. The summed E-state index contributed by atoms with van der Waals surface area (Å²) < 4.78 is 10.6. The Bertz CT molecular complexity index is 475. The molecule has 0 aliphatic heterocycles. The minimum Gasteiger partial charge on any atom is -0.497 e. The summed E-state index contributed by atoms with van der Waals surface area (Å²) in [5.41, 5.74) is 1.56.